The van der Waals surface area contributed by atoms with Crippen molar-refractivity contribution in [3.05, 3.63) is 28.8 Å². The predicted octanol–water partition coefficient (Wildman–Crippen LogP) is 1.67. The molecule has 0 heterocycles. The van der Waals surface area contributed by atoms with Gasteiger partial charge in [-0.1, -0.05) is 11.6 Å². The Morgan fingerprint density at radius 3 is 2.50 bits per heavy atom. The molecule has 0 saturated carbocycles. The third kappa shape index (κ3) is 3.75. The molecule has 0 aliphatic heterocycles. The zero-order valence-electron chi connectivity index (χ0n) is 9.95. The molecule has 94 valence electrons. The first-order chi connectivity index (χ1) is 8.43. The van der Waals surface area contributed by atoms with E-state index in [1.807, 2.05) is 6.07 Å². The lowest BCUT2D eigenvalue weighted by Gasteiger charge is -2.09. The zero-order chi connectivity index (χ0) is 13.7. The van der Waals surface area contributed by atoms with Crippen LogP contribution in [0.15, 0.2) is 18.2 Å². The number of anilines is 1. The summed E-state index contributed by atoms with van der Waals surface area (Å²) in [4.78, 5) is 22.8. The van der Waals surface area contributed by atoms with Crippen LogP contribution in [0.1, 0.15) is 19.4 Å². The first kappa shape index (κ1) is 14.0. The van der Waals surface area contributed by atoms with Gasteiger partial charge in [0, 0.05) is 11.7 Å². The minimum Gasteiger partial charge on any atom is -0.346 e. The summed E-state index contributed by atoms with van der Waals surface area (Å²) in [5.74, 6) is -1.49. The van der Waals surface area contributed by atoms with Gasteiger partial charge in [0.15, 0.2) is 0 Å². The first-order valence-corrected chi connectivity index (χ1v) is 5.63. The van der Waals surface area contributed by atoms with Gasteiger partial charge in [-0.3, -0.25) is 9.59 Å². The van der Waals surface area contributed by atoms with E-state index >= 15 is 0 Å². The van der Waals surface area contributed by atoms with Crippen molar-refractivity contribution in [2.75, 3.05) is 5.32 Å². The zero-order valence-corrected chi connectivity index (χ0v) is 10.7. The topological polar surface area (TPSA) is 82.0 Å². The van der Waals surface area contributed by atoms with E-state index in [0.29, 0.717) is 11.3 Å². The van der Waals surface area contributed by atoms with Crippen LogP contribution >= 0.6 is 11.6 Å². The third-order valence-corrected chi connectivity index (χ3v) is 2.29. The molecule has 2 amide bonds. The number of amides is 2. The second-order valence-corrected chi connectivity index (χ2v) is 4.30. The lowest BCUT2D eigenvalue weighted by molar-refractivity contribution is -0.136. The second kappa shape index (κ2) is 6.03. The highest BCUT2D eigenvalue weighted by atomic mass is 35.5. The summed E-state index contributed by atoms with van der Waals surface area (Å²) >= 11 is 5.80. The van der Waals surface area contributed by atoms with Crippen LogP contribution in [0.3, 0.4) is 0 Å². The summed E-state index contributed by atoms with van der Waals surface area (Å²) in [6.45, 7) is 3.51. The molecule has 1 aromatic rings. The van der Waals surface area contributed by atoms with Crippen molar-refractivity contribution in [2.45, 2.75) is 19.9 Å². The van der Waals surface area contributed by atoms with Crippen LogP contribution in [-0.2, 0) is 9.59 Å². The number of hydrogen-bond acceptors (Lipinski definition) is 3. The number of nitriles is 1. The standard InChI is InChI=1S/C12H12ClN3O2/c1-7(2)15-11(17)12(18)16-9-4-3-8(6-14)10(13)5-9/h3-5,7H,1-2H3,(H,15,17)(H,16,18). The predicted molar refractivity (Wildman–Crippen MR) is 68.1 cm³/mol. The first-order valence-electron chi connectivity index (χ1n) is 5.25. The summed E-state index contributed by atoms with van der Waals surface area (Å²) in [6, 6.07) is 6.18. The Bertz CT molecular complexity index is 521. The summed E-state index contributed by atoms with van der Waals surface area (Å²) in [5.41, 5.74) is 0.671. The van der Waals surface area contributed by atoms with Crippen molar-refractivity contribution < 1.29 is 9.59 Å². The number of carbonyl (C=O) groups is 2. The SMILES string of the molecule is CC(C)NC(=O)C(=O)Nc1ccc(C#N)c(Cl)c1. The maximum Gasteiger partial charge on any atom is 0.313 e. The van der Waals surface area contributed by atoms with Gasteiger partial charge in [0.1, 0.15) is 6.07 Å². The molecule has 0 aliphatic carbocycles. The average Bonchev–Trinajstić information content (AvgIpc) is 2.28. The Kier molecular flexibility index (Phi) is 4.69. The molecule has 2 N–H and O–H groups in total. The number of halogens is 1. The molecule has 0 spiro atoms. The smallest absolute Gasteiger partial charge is 0.313 e. The highest BCUT2D eigenvalue weighted by Crippen LogP contribution is 2.19. The fraction of sp³-hybridized carbons (Fsp3) is 0.250. The van der Waals surface area contributed by atoms with Gasteiger partial charge in [-0.25, -0.2) is 0 Å². The fourth-order valence-electron chi connectivity index (χ4n) is 1.20. The molecule has 0 bridgehead atoms. The van der Waals surface area contributed by atoms with E-state index in [9.17, 15) is 9.59 Å². The van der Waals surface area contributed by atoms with Crippen LogP contribution in [-0.4, -0.2) is 17.9 Å². The van der Waals surface area contributed by atoms with Gasteiger partial charge in [-0.2, -0.15) is 5.26 Å². The molecule has 18 heavy (non-hydrogen) atoms. The Labute approximate surface area is 110 Å². The molecule has 1 rings (SSSR count). The fourth-order valence-corrected chi connectivity index (χ4v) is 1.42. The van der Waals surface area contributed by atoms with Crippen molar-refractivity contribution >= 4 is 29.1 Å². The molecule has 0 atom stereocenters. The van der Waals surface area contributed by atoms with Gasteiger partial charge in [0.2, 0.25) is 0 Å². The number of benzene rings is 1. The van der Waals surface area contributed by atoms with E-state index in [0.717, 1.165) is 0 Å². The number of nitrogens with zero attached hydrogens (tertiary/aromatic N) is 1. The molecular formula is C12H12ClN3O2. The number of rotatable bonds is 2. The van der Waals surface area contributed by atoms with E-state index in [1.54, 1.807) is 13.8 Å². The minimum absolute atomic E-state index is 0.118. The van der Waals surface area contributed by atoms with Crippen molar-refractivity contribution in [2.24, 2.45) is 0 Å². The summed E-state index contributed by atoms with van der Waals surface area (Å²) in [5, 5.41) is 13.8. The van der Waals surface area contributed by atoms with E-state index in [2.05, 4.69) is 10.6 Å². The van der Waals surface area contributed by atoms with Gasteiger partial charge in [0.25, 0.3) is 0 Å². The van der Waals surface area contributed by atoms with Crippen LogP contribution < -0.4 is 10.6 Å². The molecule has 0 unspecified atom stereocenters. The molecular weight excluding hydrogens is 254 g/mol. The monoisotopic (exact) mass is 265 g/mol. The van der Waals surface area contributed by atoms with Crippen LogP contribution in [0.2, 0.25) is 5.02 Å². The number of nitrogens with one attached hydrogen (secondary N) is 2. The Morgan fingerprint density at radius 2 is 2.00 bits per heavy atom. The number of hydrogen-bond donors (Lipinski definition) is 2. The maximum absolute atomic E-state index is 11.5. The minimum atomic E-state index is -0.774. The van der Waals surface area contributed by atoms with Crippen molar-refractivity contribution in [1.82, 2.24) is 5.32 Å². The van der Waals surface area contributed by atoms with Gasteiger partial charge in [-0.15, -0.1) is 0 Å². The van der Waals surface area contributed by atoms with Gasteiger partial charge in [0.05, 0.1) is 10.6 Å². The highest BCUT2D eigenvalue weighted by molar-refractivity contribution is 6.40. The molecule has 0 saturated heterocycles. The molecule has 0 aromatic heterocycles. The molecule has 0 fully saturated rings. The van der Waals surface area contributed by atoms with Crippen LogP contribution in [0.25, 0.3) is 0 Å². The van der Waals surface area contributed by atoms with E-state index in [1.165, 1.54) is 18.2 Å². The summed E-state index contributed by atoms with van der Waals surface area (Å²) in [7, 11) is 0. The lowest BCUT2D eigenvalue weighted by atomic mass is 10.2. The summed E-state index contributed by atoms with van der Waals surface area (Å²) < 4.78 is 0. The normalized spacial score (nSPS) is 9.72. The Morgan fingerprint density at radius 1 is 1.33 bits per heavy atom. The largest absolute Gasteiger partial charge is 0.346 e. The van der Waals surface area contributed by atoms with E-state index in [-0.39, 0.29) is 11.1 Å². The second-order valence-electron chi connectivity index (χ2n) is 3.89. The van der Waals surface area contributed by atoms with Gasteiger partial charge in [-0.05, 0) is 32.0 Å². The molecule has 6 heteroatoms. The molecule has 0 radical (unpaired) electrons. The Balaban J connectivity index is 2.74. The quantitative estimate of drug-likeness (QED) is 0.798. The van der Waals surface area contributed by atoms with E-state index < -0.39 is 11.8 Å². The number of carbonyl (C=O) groups excluding carboxylic acids is 2. The van der Waals surface area contributed by atoms with Crippen molar-refractivity contribution in [1.29, 1.82) is 5.26 Å². The van der Waals surface area contributed by atoms with Gasteiger partial charge < -0.3 is 10.6 Å². The lowest BCUT2D eigenvalue weighted by Crippen LogP contribution is -2.39. The van der Waals surface area contributed by atoms with E-state index in [4.69, 9.17) is 16.9 Å². The third-order valence-electron chi connectivity index (χ3n) is 1.97. The maximum atomic E-state index is 11.5. The van der Waals surface area contributed by atoms with Crippen molar-refractivity contribution in [3.8, 4) is 6.07 Å². The summed E-state index contributed by atoms with van der Waals surface area (Å²) in [6.07, 6.45) is 0. The Hall–Kier alpha value is -2.06. The average molecular weight is 266 g/mol. The van der Waals surface area contributed by atoms with Crippen LogP contribution in [0.5, 0.6) is 0 Å². The molecule has 5 nitrogen and oxygen atoms in total. The molecule has 1 aromatic carbocycles. The van der Waals surface area contributed by atoms with Crippen molar-refractivity contribution in [3.63, 3.8) is 0 Å². The highest BCUT2D eigenvalue weighted by Gasteiger charge is 2.14. The van der Waals surface area contributed by atoms with Gasteiger partial charge >= 0.3 is 11.8 Å². The van der Waals surface area contributed by atoms with Crippen LogP contribution in [0, 0.1) is 11.3 Å². The molecule has 0 aliphatic rings. The van der Waals surface area contributed by atoms with Crippen LogP contribution in [0.4, 0.5) is 5.69 Å².